The maximum absolute atomic E-state index is 3.91. The van der Waals surface area contributed by atoms with Crippen LogP contribution in [0.3, 0.4) is 0 Å². The molecule has 0 fully saturated rings. The number of rotatable bonds is 3. The Hall–Kier alpha value is -0.715. The molecule has 0 N–H and O–H groups in total. The highest BCUT2D eigenvalue weighted by atomic mass is 14.3. The van der Waals surface area contributed by atoms with E-state index in [0.29, 0.717) is 0 Å². The third-order valence-electron chi connectivity index (χ3n) is 3.20. The van der Waals surface area contributed by atoms with Crippen LogP contribution in [0.15, 0.2) is 36.0 Å². The van der Waals surface area contributed by atoms with Gasteiger partial charge < -0.3 is 0 Å². The fraction of sp³-hybridized carbons (Fsp3) is 0.538. The van der Waals surface area contributed by atoms with Gasteiger partial charge in [0.15, 0.2) is 0 Å². The summed E-state index contributed by atoms with van der Waals surface area (Å²) in [6.07, 6.45) is 7.65. The molecule has 0 heterocycles. The Labute approximate surface area is 89.2 Å². The lowest BCUT2D eigenvalue weighted by Crippen LogP contribution is -2.12. The normalized spacial score (nSPS) is 28.0. The minimum absolute atomic E-state index is 0.721. The SMILES string of the molecule is B[C@H]1CC(C=C)=C(/C=C\C)C1C(C)C. The third-order valence-corrected chi connectivity index (χ3v) is 3.20. The van der Waals surface area contributed by atoms with Crippen molar-refractivity contribution in [2.45, 2.75) is 33.0 Å². The van der Waals surface area contributed by atoms with Crippen LogP contribution in [0.25, 0.3) is 0 Å². The lowest BCUT2D eigenvalue weighted by atomic mass is 9.71. The monoisotopic (exact) mass is 188 g/mol. The second-order valence-electron chi connectivity index (χ2n) is 4.64. The second kappa shape index (κ2) is 4.68. The van der Waals surface area contributed by atoms with Crippen molar-refractivity contribution in [3.8, 4) is 0 Å². The van der Waals surface area contributed by atoms with Crippen molar-refractivity contribution in [1.82, 2.24) is 0 Å². The van der Waals surface area contributed by atoms with Crippen LogP contribution in [0.5, 0.6) is 0 Å². The first-order valence-electron chi connectivity index (χ1n) is 5.60. The fourth-order valence-corrected chi connectivity index (χ4v) is 2.73. The first-order valence-corrected chi connectivity index (χ1v) is 5.60. The summed E-state index contributed by atoms with van der Waals surface area (Å²) in [4.78, 5) is 0. The van der Waals surface area contributed by atoms with E-state index in [-0.39, 0.29) is 0 Å². The fourth-order valence-electron chi connectivity index (χ4n) is 2.73. The Bertz CT molecular complexity index is 271. The molecule has 0 saturated carbocycles. The molecule has 14 heavy (non-hydrogen) atoms. The molecule has 0 nitrogen and oxygen atoms in total. The number of hydrogen-bond acceptors (Lipinski definition) is 0. The molecule has 0 aromatic heterocycles. The van der Waals surface area contributed by atoms with Gasteiger partial charge >= 0.3 is 0 Å². The predicted molar refractivity (Wildman–Crippen MR) is 67.3 cm³/mol. The maximum Gasteiger partial charge on any atom is 0.106 e. The van der Waals surface area contributed by atoms with E-state index in [4.69, 9.17) is 0 Å². The molecule has 0 aromatic carbocycles. The summed E-state index contributed by atoms with van der Waals surface area (Å²) in [6.45, 7) is 10.6. The van der Waals surface area contributed by atoms with Gasteiger partial charge in [-0.05, 0) is 36.3 Å². The van der Waals surface area contributed by atoms with Gasteiger partial charge in [0.1, 0.15) is 7.85 Å². The summed E-state index contributed by atoms with van der Waals surface area (Å²) in [5.41, 5.74) is 2.97. The van der Waals surface area contributed by atoms with Gasteiger partial charge in [0.05, 0.1) is 0 Å². The summed E-state index contributed by atoms with van der Waals surface area (Å²) in [5, 5.41) is 0. The molecule has 0 saturated heterocycles. The van der Waals surface area contributed by atoms with Crippen molar-refractivity contribution in [1.29, 1.82) is 0 Å². The first kappa shape index (κ1) is 11.4. The molecule has 76 valence electrons. The van der Waals surface area contributed by atoms with Gasteiger partial charge in [-0.1, -0.05) is 44.5 Å². The van der Waals surface area contributed by atoms with Crippen LogP contribution in [0.4, 0.5) is 0 Å². The van der Waals surface area contributed by atoms with E-state index < -0.39 is 0 Å². The van der Waals surface area contributed by atoms with E-state index in [1.807, 2.05) is 6.08 Å². The van der Waals surface area contributed by atoms with Crippen molar-refractivity contribution in [2.24, 2.45) is 11.8 Å². The highest BCUT2D eigenvalue weighted by Gasteiger charge is 2.30. The molecular weight excluding hydrogens is 167 g/mol. The molecule has 1 rings (SSSR count). The van der Waals surface area contributed by atoms with Crippen LogP contribution in [-0.4, -0.2) is 7.85 Å². The Morgan fingerprint density at radius 1 is 1.50 bits per heavy atom. The molecule has 0 radical (unpaired) electrons. The minimum atomic E-state index is 0.721. The van der Waals surface area contributed by atoms with Gasteiger partial charge in [-0.2, -0.15) is 0 Å². The lowest BCUT2D eigenvalue weighted by Gasteiger charge is -2.22. The van der Waals surface area contributed by atoms with E-state index in [1.165, 1.54) is 17.6 Å². The van der Waals surface area contributed by atoms with Crippen LogP contribution >= 0.6 is 0 Å². The quantitative estimate of drug-likeness (QED) is 0.597. The first-order chi connectivity index (χ1) is 6.61. The number of hydrogen-bond donors (Lipinski definition) is 0. The number of allylic oxidation sites excluding steroid dienone is 5. The molecule has 0 spiro atoms. The van der Waals surface area contributed by atoms with Crippen LogP contribution in [0.2, 0.25) is 5.82 Å². The Kier molecular flexibility index (Phi) is 3.80. The topological polar surface area (TPSA) is 0 Å². The molecule has 0 aliphatic heterocycles. The average molecular weight is 188 g/mol. The molecule has 1 aliphatic carbocycles. The van der Waals surface area contributed by atoms with Gasteiger partial charge in [-0.3, -0.25) is 0 Å². The lowest BCUT2D eigenvalue weighted by molar-refractivity contribution is 0.446. The zero-order chi connectivity index (χ0) is 10.7. The van der Waals surface area contributed by atoms with Crippen molar-refractivity contribution in [3.05, 3.63) is 36.0 Å². The summed E-state index contributed by atoms with van der Waals surface area (Å²) in [5.74, 6) is 2.22. The van der Waals surface area contributed by atoms with E-state index in [9.17, 15) is 0 Å². The van der Waals surface area contributed by atoms with E-state index in [1.54, 1.807) is 0 Å². The largest absolute Gasteiger partial charge is 0.106 e. The van der Waals surface area contributed by atoms with Crippen LogP contribution in [0.1, 0.15) is 27.2 Å². The molecule has 0 aromatic rings. The van der Waals surface area contributed by atoms with Crippen molar-refractivity contribution in [2.75, 3.05) is 0 Å². The Morgan fingerprint density at radius 3 is 2.57 bits per heavy atom. The molecule has 1 unspecified atom stereocenters. The van der Waals surface area contributed by atoms with Gasteiger partial charge in [0.2, 0.25) is 0 Å². The Balaban J connectivity index is 3.03. The highest BCUT2D eigenvalue weighted by Crippen LogP contribution is 2.44. The van der Waals surface area contributed by atoms with E-state index >= 15 is 0 Å². The van der Waals surface area contributed by atoms with E-state index in [0.717, 1.165) is 17.7 Å². The molecule has 1 aliphatic rings. The van der Waals surface area contributed by atoms with Crippen LogP contribution < -0.4 is 0 Å². The maximum atomic E-state index is 3.91. The second-order valence-corrected chi connectivity index (χ2v) is 4.64. The van der Waals surface area contributed by atoms with Crippen molar-refractivity contribution < 1.29 is 0 Å². The van der Waals surface area contributed by atoms with Gasteiger partial charge in [-0.25, -0.2) is 0 Å². The zero-order valence-corrected chi connectivity index (χ0v) is 9.88. The highest BCUT2D eigenvalue weighted by molar-refractivity contribution is 6.12. The minimum Gasteiger partial charge on any atom is -0.0988 e. The van der Waals surface area contributed by atoms with Crippen molar-refractivity contribution >= 4 is 7.85 Å². The van der Waals surface area contributed by atoms with Gasteiger partial charge in [0.25, 0.3) is 0 Å². The smallest absolute Gasteiger partial charge is 0.0988 e. The summed E-state index contributed by atoms with van der Waals surface area (Å²) in [6, 6.07) is 0. The molecule has 0 bridgehead atoms. The molecule has 0 amide bonds. The predicted octanol–water partition coefficient (Wildman–Crippen LogP) is 3.14. The van der Waals surface area contributed by atoms with Gasteiger partial charge in [-0.15, -0.1) is 0 Å². The van der Waals surface area contributed by atoms with E-state index in [2.05, 4.69) is 47.3 Å². The van der Waals surface area contributed by atoms with Crippen LogP contribution in [0, 0.1) is 11.8 Å². The summed E-state index contributed by atoms with van der Waals surface area (Å²) >= 11 is 0. The van der Waals surface area contributed by atoms with Gasteiger partial charge in [0, 0.05) is 0 Å². The Morgan fingerprint density at radius 2 is 2.14 bits per heavy atom. The third kappa shape index (κ3) is 2.02. The average Bonchev–Trinajstić information content (AvgIpc) is 2.43. The molecule has 1 heteroatoms. The molecular formula is C13H21B. The standard InChI is InChI=1S/C13H21B/c1-5-7-11-10(6-2)8-12(14)13(11)9(3)4/h5-7,9,12-13H,2,8,14H2,1,3-4H3/b7-5-/t12-,13?/m0/s1. The summed E-state index contributed by atoms with van der Waals surface area (Å²) in [7, 11) is 2.35. The summed E-state index contributed by atoms with van der Waals surface area (Å²) < 4.78 is 0. The van der Waals surface area contributed by atoms with Crippen LogP contribution in [-0.2, 0) is 0 Å². The molecule has 2 atom stereocenters. The zero-order valence-electron chi connectivity index (χ0n) is 9.88. The van der Waals surface area contributed by atoms with Crippen molar-refractivity contribution in [3.63, 3.8) is 0 Å².